The zero-order chi connectivity index (χ0) is 27.0. The summed E-state index contributed by atoms with van der Waals surface area (Å²) >= 11 is 6.11. The maximum absolute atomic E-state index is 13.3. The fourth-order valence-corrected chi connectivity index (χ4v) is 4.94. The highest BCUT2D eigenvalue weighted by Crippen LogP contribution is 2.27. The standard InChI is InChI=1S/C27H38ClN3O4S/c1-19(2)17-29-27(33)22(5)30(18-23-12-9-20(3)10-13-23)26(32)8-7-15-31(36(6,34)35)25-16-24(28)14-11-21(25)4/h9-14,16,19,22H,7-8,15,17-18H2,1-6H3,(H,29,33). The first-order valence-corrected chi connectivity index (χ1v) is 14.4. The van der Waals surface area contributed by atoms with Crippen molar-refractivity contribution in [2.45, 2.75) is 60.0 Å². The number of amides is 2. The monoisotopic (exact) mass is 535 g/mol. The number of halogens is 1. The second kappa shape index (κ2) is 13.1. The van der Waals surface area contributed by atoms with Gasteiger partial charge in [-0.25, -0.2) is 8.42 Å². The van der Waals surface area contributed by atoms with Gasteiger partial charge in [0.2, 0.25) is 21.8 Å². The lowest BCUT2D eigenvalue weighted by Crippen LogP contribution is -2.48. The highest BCUT2D eigenvalue weighted by atomic mass is 35.5. The van der Waals surface area contributed by atoms with Crippen LogP contribution in [0.25, 0.3) is 0 Å². The molecule has 2 rings (SSSR count). The molecule has 198 valence electrons. The van der Waals surface area contributed by atoms with Crippen LogP contribution in [-0.2, 0) is 26.2 Å². The van der Waals surface area contributed by atoms with Gasteiger partial charge < -0.3 is 10.2 Å². The van der Waals surface area contributed by atoms with Crippen molar-refractivity contribution in [1.82, 2.24) is 10.2 Å². The highest BCUT2D eigenvalue weighted by Gasteiger charge is 2.27. The van der Waals surface area contributed by atoms with Crippen LogP contribution in [0.5, 0.6) is 0 Å². The van der Waals surface area contributed by atoms with Crippen molar-refractivity contribution in [3.63, 3.8) is 0 Å². The van der Waals surface area contributed by atoms with Crippen molar-refractivity contribution in [2.24, 2.45) is 5.92 Å². The van der Waals surface area contributed by atoms with Gasteiger partial charge in [-0.15, -0.1) is 0 Å². The Morgan fingerprint density at radius 3 is 2.25 bits per heavy atom. The third-order valence-corrected chi connectivity index (χ3v) is 7.33. The zero-order valence-corrected chi connectivity index (χ0v) is 23.6. The van der Waals surface area contributed by atoms with Crippen molar-refractivity contribution in [3.8, 4) is 0 Å². The van der Waals surface area contributed by atoms with Gasteiger partial charge in [0.25, 0.3) is 0 Å². The Morgan fingerprint density at radius 2 is 1.67 bits per heavy atom. The first-order valence-electron chi connectivity index (χ1n) is 12.2. The molecule has 0 fully saturated rings. The van der Waals surface area contributed by atoms with Crippen LogP contribution in [0.2, 0.25) is 5.02 Å². The van der Waals surface area contributed by atoms with E-state index in [-0.39, 0.29) is 24.8 Å². The molecule has 2 amide bonds. The van der Waals surface area contributed by atoms with Crippen molar-refractivity contribution >= 4 is 39.1 Å². The molecule has 2 aromatic rings. The number of benzene rings is 2. The summed E-state index contributed by atoms with van der Waals surface area (Å²) in [7, 11) is -3.59. The van der Waals surface area contributed by atoms with Crippen LogP contribution < -0.4 is 9.62 Å². The Labute approximate surface area is 220 Å². The average Bonchev–Trinajstić information content (AvgIpc) is 2.80. The number of sulfonamides is 1. The molecule has 0 radical (unpaired) electrons. The largest absolute Gasteiger partial charge is 0.354 e. The molecule has 7 nitrogen and oxygen atoms in total. The summed E-state index contributed by atoms with van der Waals surface area (Å²) in [6, 6.07) is 12.3. The number of nitrogens with zero attached hydrogens (tertiary/aromatic N) is 2. The van der Waals surface area contributed by atoms with Gasteiger partial charge in [-0.1, -0.05) is 61.3 Å². The van der Waals surface area contributed by atoms with E-state index in [1.54, 1.807) is 30.0 Å². The van der Waals surface area contributed by atoms with E-state index in [4.69, 9.17) is 11.6 Å². The number of carbonyl (C=O) groups is 2. The molecule has 1 atom stereocenters. The summed E-state index contributed by atoms with van der Waals surface area (Å²) in [6.07, 6.45) is 1.53. The second-order valence-corrected chi connectivity index (χ2v) is 12.0. The number of hydrogen-bond donors (Lipinski definition) is 1. The zero-order valence-electron chi connectivity index (χ0n) is 22.0. The minimum Gasteiger partial charge on any atom is -0.354 e. The first-order chi connectivity index (χ1) is 16.8. The molecule has 0 aliphatic rings. The lowest BCUT2D eigenvalue weighted by molar-refractivity contribution is -0.140. The van der Waals surface area contributed by atoms with Gasteiger partial charge in [-0.05, 0) is 56.4 Å². The molecule has 2 aromatic carbocycles. The quantitative estimate of drug-likeness (QED) is 0.427. The summed E-state index contributed by atoms with van der Waals surface area (Å²) < 4.78 is 26.3. The smallest absolute Gasteiger partial charge is 0.242 e. The van der Waals surface area contributed by atoms with E-state index in [9.17, 15) is 18.0 Å². The first kappa shape index (κ1) is 29.6. The van der Waals surface area contributed by atoms with Gasteiger partial charge in [0.1, 0.15) is 6.04 Å². The van der Waals surface area contributed by atoms with E-state index in [2.05, 4.69) is 5.32 Å². The minimum atomic E-state index is -3.59. The third kappa shape index (κ3) is 8.82. The second-order valence-electron chi connectivity index (χ2n) is 9.69. The number of aryl methyl sites for hydroxylation is 2. The molecule has 0 saturated carbocycles. The Hall–Kier alpha value is -2.58. The van der Waals surface area contributed by atoms with Crippen molar-refractivity contribution in [3.05, 3.63) is 64.2 Å². The Kier molecular flexibility index (Phi) is 10.8. The number of hydrogen-bond acceptors (Lipinski definition) is 4. The van der Waals surface area contributed by atoms with Crippen molar-refractivity contribution < 1.29 is 18.0 Å². The molecule has 0 heterocycles. The van der Waals surface area contributed by atoms with E-state index in [1.807, 2.05) is 52.0 Å². The Balaban J connectivity index is 2.18. The molecule has 36 heavy (non-hydrogen) atoms. The molecule has 0 aliphatic carbocycles. The maximum Gasteiger partial charge on any atom is 0.242 e. The van der Waals surface area contributed by atoms with Crippen LogP contribution in [0.4, 0.5) is 5.69 Å². The Morgan fingerprint density at radius 1 is 1.03 bits per heavy atom. The van der Waals surface area contributed by atoms with Crippen LogP contribution in [0.1, 0.15) is 50.3 Å². The SMILES string of the molecule is Cc1ccc(CN(C(=O)CCCN(c2cc(Cl)ccc2C)S(C)(=O)=O)C(C)C(=O)NCC(C)C)cc1. The van der Waals surface area contributed by atoms with E-state index < -0.39 is 16.1 Å². The fourth-order valence-electron chi connectivity index (χ4n) is 3.76. The van der Waals surface area contributed by atoms with Crippen LogP contribution in [-0.4, -0.2) is 50.5 Å². The molecule has 0 saturated heterocycles. The molecule has 0 aliphatic heterocycles. The third-order valence-electron chi connectivity index (χ3n) is 5.92. The molecule has 1 unspecified atom stereocenters. The summed E-state index contributed by atoms with van der Waals surface area (Å²) in [4.78, 5) is 27.7. The van der Waals surface area contributed by atoms with Gasteiger partial charge in [-0.2, -0.15) is 0 Å². The minimum absolute atomic E-state index is 0.0965. The number of anilines is 1. The fraction of sp³-hybridized carbons (Fsp3) is 0.481. The summed E-state index contributed by atoms with van der Waals surface area (Å²) in [5.74, 6) is -0.130. The maximum atomic E-state index is 13.3. The summed E-state index contributed by atoms with van der Waals surface area (Å²) in [5, 5.41) is 3.34. The average molecular weight is 536 g/mol. The molecule has 0 bridgehead atoms. The molecular formula is C27H38ClN3O4S. The number of carbonyl (C=O) groups excluding carboxylic acids is 2. The van der Waals surface area contributed by atoms with Gasteiger partial charge in [0.15, 0.2) is 0 Å². The van der Waals surface area contributed by atoms with Gasteiger partial charge in [-0.3, -0.25) is 13.9 Å². The summed E-state index contributed by atoms with van der Waals surface area (Å²) in [5.41, 5.74) is 3.30. The molecule has 0 spiro atoms. The number of rotatable bonds is 12. The van der Waals surface area contributed by atoms with Crippen LogP contribution in [0, 0.1) is 19.8 Å². The van der Waals surface area contributed by atoms with Gasteiger partial charge in [0.05, 0.1) is 11.9 Å². The van der Waals surface area contributed by atoms with E-state index in [0.717, 1.165) is 22.9 Å². The Bertz CT molecular complexity index is 1150. The lowest BCUT2D eigenvalue weighted by Gasteiger charge is -2.30. The van der Waals surface area contributed by atoms with E-state index >= 15 is 0 Å². The van der Waals surface area contributed by atoms with Crippen LogP contribution in [0.15, 0.2) is 42.5 Å². The van der Waals surface area contributed by atoms with Crippen LogP contribution in [0.3, 0.4) is 0 Å². The van der Waals surface area contributed by atoms with Crippen LogP contribution >= 0.6 is 11.6 Å². The number of nitrogens with one attached hydrogen (secondary N) is 1. The van der Waals surface area contributed by atoms with Crippen molar-refractivity contribution in [1.29, 1.82) is 0 Å². The predicted octanol–water partition coefficient (Wildman–Crippen LogP) is 4.69. The van der Waals surface area contributed by atoms with E-state index in [0.29, 0.717) is 36.1 Å². The summed E-state index contributed by atoms with van der Waals surface area (Å²) in [6.45, 7) is 10.5. The lowest BCUT2D eigenvalue weighted by atomic mass is 10.1. The molecule has 9 heteroatoms. The molecule has 1 N–H and O–H groups in total. The van der Waals surface area contributed by atoms with Gasteiger partial charge in [0, 0.05) is 31.1 Å². The predicted molar refractivity (Wildman–Crippen MR) is 147 cm³/mol. The van der Waals surface area contributed by atoms with Gasteiger partial charge >= 0.3 is 0 Å². The molecular weight excluding hydrogens is 498 g/mol. The van der Waals surface area contributed by atoms with Crippen molar-refractivity contribution in [2.75, 3.05) is 23.7 Å². The normalized spacial score (nSPS) is 12.3. The highest BCUT2D eigenvalue weighted by molar-refractivity contribution is 7.92. The van der Waals surface area contributed by atoms with E-state index in [1.165, 1.54) is 4.31 Å². The topological polar surface area (TPSA) is 86.8 Å². The molecule has 0 aromatic heterocycles.